The van der Waals surface area contributed by atoms with Gasteiger partial charge in [-0.2, -0.15) is 0 Å². The maximum Gasteiger partial charge on any atom is 0.311 e. The zero-order valence-corrected chi connectivity index (χ0v) is 32.5. The number of unbranched alkanes of at least 4 members (excludes halogenated alkanes) is 12. The number of ketones is 1. The number of hydrogen-bond donors (Lipinski definition) is 2. The molecule has 0 aliphatic carbocycles. The topological polar surface area (TPSA) is 167 Å². The fraction of sp³-hybridized carbons (Fsp3) is 0.558. The lowest BCUT2D eigenvalue weighted by Crippen LogP contribution is -2.20. The van der Waals surface area contributed by atoms with Gasteiger partial charge in [-0.15, -0.1) is 0 Å². The van der Waals surface area contributed by atoms with Crippen molar-refractivity contribution in [2.75, 3.05) is 0 Å². The first-order chi connectivity index (χ1) is 26.1. The predicted octanol–water partition coefficient (Wildman–Crippen LogP) is 10.7. The van der Waals surface area contributed by atoms with Gasteiger partial charge >= 0.3 is 17.9 Å². The van der Waals surface area contributed by atoms with E-state index in [-0.39, 0.29) is 65.0 Å². The zero-order chi connectivity index (χ0) is 39.5. The quantitative estimate of drug-likeness (QED) is 0.0366. The molecule has 0 saturated carbocycles. The molecule has 1 aromatic heterocycles. The molecule has 0 atom stereocenters. The number of Topliss-reactive ketones (excluding diaryl/α,β-unsaturated/α-hetero) is 1. The van der Waals surface area contributed by atoms with Crippen molar-refractivity contribution in [3.8, 4) is 40.1 Å². The minimum absolute atomic E-state index is 0.00251. The summed E-state index contributed by atoms with van der Waals surface area (Å²) in [6.07, 6.45) is 12.7. The van der Waals surface area contributed by atoms with E-state index in [2.05, 4.69) is 6.92 Å². The third-order valence-electron chi connectivity index (χ3n) is 9.18. The molecule has 0 amide bonds. The molecule has 3 aromatic rings. The minimum Gasteiger partial charge on any atom is -0.508 e. The van der Waals surface area contributed by atoms with Gasteiger partial charge in [0.05, 0.1) is 5.56 Å². The molecule has 11 heteroatoms. The number of rotatable bonds is 25. The first-order valence-electron chi connectivity index (χ1n) is 19.9. The van der Waals surface area contributed by atoms with Gasteiger partial charge in [0.15, 0.2) is 17.3 Å². The van der Waals surface area contributed by atoms with Crippen molar-refractivity contribution in [3.63, 3.8) is 0 Å². The average molecular weight is 751 g/mol. The van der Waals surface area contributed by atoms with Gasteiger partial charge in [-0.25, -0.2) is 0 Å². The third kappa shape index (κ3) is 13.0. The molecule has 2 N–H and O–H groups in total. The van der Waals surface area contributed by atoms with Crippen molar-refractivity contribution in [3.05, 3.63) is 40.1 Å². The van der Waals surface area contributed by atoms with E-state index < -0.39 is 46.4 Å². The van der Waals surface area contributed by atoms with E-state index in [0.29, 0.717) is 25.7 Å². The van der Waals surface area contributed by atoms with Gasteiger partial charge in [0.1, 0.15) is 33.8 Å². The summed E-state index contributed by atoms with van der Waals surface area (Å²) in [5, 5.41) is 20.5. The Hall–Kier alpha value is -4.67. The Balaban J connectivity index is 2.34. The van der Waals surface area contributed by atoms with E-state index >= 15 is 0 Å². The standard InChI is InChI=1S/C43H58O11/c1-5-9-13-17-21-31(45)38-33(51-35(47)22-18-14-10-6-2)28-34-39(42(38)53-36(48)23-19-15-11-7-3)40(50)43(54-37(49)24-20-16-12-8-4)41(52-34)30-26-25-29(44)27-32(30)46/h25-28,44,46H,5-24H2,1-4H3. The van der Waals surface area contributed by atoms with Crippen LogP contribution in [0, 0.1) is 0 Å². The first-order valence-corrected chi connectivity index (χ1v) is 19.9. The van der Waals surface area contributed by atoms with Crippen LogP contribution in [0.2, 0.25) is 0 Å². The van der Waals surface area contributed by atoms with Crippen LogP contribution in [0.4, 0.5) is 0 Å². The number of benzene rings is 2. The van der Waals surface area contributed by atoms with Crippen LogP contribution >= 0.6 is 0 Å². The monoisotopic (exact) mass is 750 g/mol. The molecule has 0 aliphatic heterocycles. The molecule has 0 saturated heterocycles. The largest absolute Gasteiger partial charge is 0.508 e. The van der Waals surface area contributed by atoms with Crippen molar-refractivity contribution < 1.29 is 48.0 Å². The minimum atomic E-state index is -0.938. The first kappa shape index (κ1) is 43.7. The number of aromatic hydroxyl groups is 2. The van der Waals surface area contributed by atoms with Crippen LogP contribution in [0.5, 0.6) is 28.7 Å². The maximum atomic E-state index is 14.6. The van der Waals surface area contributed by atoms with E-state index in [1.807, 2.05) is 20.8 Å². The number of hydrogen-bond acceptors (Lipinski definition) is 11. The number of phenols is 2. The molecule has 1 heterocycles. The summed E-state index contributed by atoms with van der Waals surface area (Å²) in [6, 6.07) is 4.81. The highest BCUT2D eigenvalue weighted by Crippen LogP contribution is 2.43. The highest BCUT2D eigenvalue weighted by molar-refractivity contribution is 6.08. The SMILES string of the molecule is CCCCCCC(=O)Oc1cc2oc(-c3ccc(O)cc3O)c(OC(=O)CCCCCC)c(=O)c2c(OC(=O)CCCCCC)c1C(=O)CCCCCC. The Morgan fingerprint density at radius 1 is 0.593 bits per heavy atom. The Labute approximate surface area is 318 Å². The van der Waals surface area contributed by atoms with Crippen molar-refractivity contribution in [1.82, 2.24) is 0 Å². The smallest absolute Gasteiger partial charge is 0.311 e. The van der Waals surface area contributed by atoms with E-state index in [1.54, 1.807) is 0 Å². The van der Waals surface area contributed by atoms with Gasteiger partial charge in [-0.1, -0.05) is 105 Å². The fourth-order valence-electron chi connectivity index (χ4n) is 6.14. The molecule has 0 unspecified atom stereocenters. The zero-order valence-electron chi connectivity index (χ0n) is 32.5. The molecule has 3 rings (SSSR count). The maximum absolute atomic E-state index is 14.6. The predicted molar refractivity (Wildman–Crippen MR) is 208 cm³/mol. The van der Waals surface area contributed by atoms with E-state index in [0.717, 1.165) is 83.1 Å². The Morgan fingerprint density at radius 3 is 1.57 bits per heavy atom. The summed E-state index contributed by atoms with van der Waals surface area (Å²) in [5.74, 6) is -4.90. The second-order valence-electron chi connectivity index (χ2n) is 13.8. The van der Waals surface area contributed by atoms with Crippen LogP contribution in [-0.4, -0.2) is 33.9 Å². The molecule has 54 heavy (non-hydrogen) atoms. The van der Waals surface area contributed by atoms with E-state index in [1.165, 1.54) is 18.2 Å². The van der Waals surface area contributed by atoms with Gasteiger partial charge in [-0.05, 0) is 37.8 Å². The lowest BCUT2D eigenvalue weighted by atomic mass is 9.99. The molecule has 0 bridgehead atoms. The van der Waals surface area contributed by atoms with Crippen LogP contribution in [0.25, 0.3) is 22.3 Å². The molecular weight excluding hydrogens is 692 g/mol. The molecule has 2 aromatic carbocycles. The third-order valence-corrected chi connectivity index (χ3v) is 9.18. The molecule has 0 aliphatic rings. The van der Waals surface area contributed by atoms with Crippen LogP contribution in [-0.2, 0) is 14.4 Å². The second kappa shape index (κ2) is 23.2. The number of phenolic OH excluding ortho intramolecular Hbond substituents is 2. The molecule has 0 fully saturated rings. The van der Waals surface area contributed by atoms with Crippen molar-refractivity contribution in [2.24, 2.45) is 0 Å². The lowest BCUT2D eigenvalue weighted by molar-refractivity contribution is -0.135. The lowest BCUT2D eigenvalue weighted by Gasteiger charge is -2.18. The summed E-state index contributed by atoms with van der Waals surface area (Å²) in [5.41, 5.74) is -1.50. The van der Waals surface area contributed by atoms with Gasteiger partial charge in [0.2, 0.25) is 11.2 Å². The van der Waals surface area contributed by atoms with Crippen LogP contribution in [0.15, 0.2) is 33.5 Å². The van der Waals surface area contributed by atoms with E-state index in [9.17, 15) is 34.2 Å². The molecule has 0 radical (unpaired) electrons. The van der Waals surface area contributed by atoms with Crippen LogP contribution in [0.3, 0.4) is 0 Å². The highest BCUT2D eigenvalue weighted by Gasteiger charge is 2.31. The number of carbonyl (C=O) groups is 4. The van der Waals surface area contributed by atoms with Gasteiger partial charge in [-0.3, -0.25) is 24.0 Å². The Bertz CT molecular complexity index is 1770. The van der Waals surface area contributed by atoms with Crippen LogP contribution < -0.4 is 19.6 Å². The number of fused-ring (bicyclic) bond motifs is 1. The highest BCUT2D eigenvalue weighted by atomic mass is 16.6. The Morgan fingerprint density at radius 2 is 1.07 bits per heavy atom. The Kier molecular flexibility index (Phi) is 18.8. The fourth-order valence-corrected chi connectivity index (χ4v) is 6.14. The summed E-state index contributed by atoms with van der Waals surface area (Å²) < 4.78 is 23.6. The number of esters is 3. The molecule has 0 spiro atoms. The molecular formula is C43H58O11. The summed E-state index contributed by atoms with van der Waals surface area (Å²) >= 11 is 0. The van der Waals surface area contributed by atoms with Crippen molar-refractivity contribution in [1.29, 1.82) is 0 Å². The van der Waals surface area contributed by atoms with E-state index in [4.69, 9.17) is 18.6 Å². The molecule has 296 valence electrons. The number of ether oxygens (including phenoxy) is 3. The summed E-state index contributed by atoms with van der Waals surface area (Å²) in [7, 11) is 0. The van der Waals surface area contributed by atoms with Gasteiger partial charge in [0.25, 0.3) is 0 Å². The van der Waals surface area contributed by atoms with Crippen molar-refractivity contribution in [2.45, 2.75) is 156 Å². The average Bonchev–Trinajstić information content (AvgIpc) is 3.13. The normalized spacial score (nSPS) is 11.1. The summed E-state index contributed by atoms with van der Waals surface area (Å²) in [4.78, 5) is 68.6. The van der Waals surface area contributed by atoms with Gasteiger partial charge in [0, 0.05) is 37.8 Å². The van der Waals surface area contributed by atoms with Crippen LogP contribution in [0.1, 0.15) is 166 Å². The second-order valence-corrected chi connectivity index (χ2v) is 13.8. The molecule has 11 nitrogen and oxygen atoms in total. The summed E-state index contributed by atoms with van der Waals surface area (Å²) in [6.45, 7) is 8.18. The van der Waals surface area contributed by atoms with Crippen molar-refractivity contribution >= 4 is 34.7 Å². The van der Waals surface area contributed by atoms with Gasteiger partial charge < -0.3 is 28.8 Å². The number of carbonyl (C=O) groups excluding carboxylic acids is 4.